The van der Waals surface area contributed by atoms with E-state index < -0.39 is 5.92 Å². The number of halogens is 3. The first-order valence-electron chi connectivity index (χ1n) is 11.9. The quantitative estimate of drug-likeness (QED) is 0.664. The minimum Gasteiger partial charge on any atom is -0.332 e. The number of aromatic nitrogens is 3. The SMILES string of the molecule is Cl.NC(c1cn2ncc(C(C3CC3)N3CCC4(CC4)NC3=O)cc2n1)C1CCC(F)(F)CC1. The summed E-state index contributed by atoms with van der Waals surface area (Å²) in [5.74, 6) is -2.10. The number of hydrogen-bond acceptors (Lipinski definition) is 4. The monoisotopic (exact) mass is 480 g/mol. The molecule has 33 heavy (non-hydrogen) atoms. The van der Waals surface area contributed by atoms with E-state index in [1.165, 1.54) is 0 Å². The molecule has 2 atom stereocenters. The number of imidazole rings is 1. The van der Waals surface area contributed by atoms with Gasteiger partial charge in [0.25, 0.3) is 0 Å². The van der Waals surface area contributed by atoms with E-state index in [0.29, 0.717) is 30.1 Å². The lowest BCUT2D eigenvalue weighted by Gasteiger charge is -2.38. The van der Waals surface area contributed by atoms with E-state index in [1.807, 2.05) is 23.4 Å². The molecule has 3 N–H and O–H groups in total. The molecule has 7 nitrogen and oxygen atoms in total. The minimum absolute atomic E-state index is 0. The van der Waals surface area contributed by atoms with E-state index in [0.717, 1.165) is 44.2 Å². The summed E-state index contributed by atoms with van der Waals surface area (Å²) in [5, 5.41) is 7.79. The Morgan fingerprint density at radius 1 is 1.09 bits per heavy atom. The number of rotatable bonds is 5. The van der Waals surface area contributed by atoms with Gasteiger partial charge in [0.15, 0.2) is 5.65 Å². The van der Waals surface area contributed by atoms with Gasteiger partial charge in [-0.3, -0.25) is 0 Å². The van der Waals surface area contributed by atoms with Crippen molar-refractivity contribution in [2.45, 2.75) is 81.3 Å². The Morgan fingerprint density at radius 3 is 2.45 bits per heavy atom. The molecule has 0 radical (unpaired) electrons. The highest BCUT2D eigenvalue weighted by atomic mass is 35.5. The van der Waals surface area contributed by atoms with Crippen LogP contribution in [0.4, 0.5) is 13.6 Å². The number of carbonyl (C=O) groups is 1. The number of hydrogen-bond donors (Lipinski definition) is 2. The molecule has 3 heterocycles. The third-order valence-electron chi connectivity index (χ3n) is 8.03. The molecule has 4 fully saturated rings. The van der Waals surface area contributed by atoms with Crippen molar-refractivity contribution in [3.05, 3.63) is 29.7 Å². The number of fused-ring (bicyclic) bond motifs is 1. The molecule has 2 amide bonds. The molecular weight excluding hydrogens is 450 g/mol. The lowest BCUT2D eigenvalue weighted by molar-refractivity contribution is -0.0484. The average molecular weight is 481 g/mol. The largest absolute Gasteiger partial charge is 0.332 e. The number of nitrogens with two attached hydrogens (primary N) is 1. The fourth-order valence-electron chi connectivity index (χ4n) is 5.60. The molecule has 1 saturated heterocycles. The number of urea groups is 1. The molecule has 3 aliphatic carbocycles. The van der Waals surface area contributed by atoms with Crippen LogP contribution in [0.2, 0.25) is 0 Å². The second-order valence-electron chi connectivity index (χ2n) is 10.4. The van der Waals surface area contributed by atoms with Crippen LogP contribution in [0.5, 0.6) is 0 Å². The first-order chi connectivity index (χ1) is 15.3. The topological polar surface area (TPSA) is 88.5 Å². The van der Waals surface area contributed by atoms with Gasteiger partial charge in [-0.1, -0.05) is 0 Å². The van der Waals surface area contributed by atoms with Gasteiger partial charge in [-0.15, -0.1) is 12.4 Å². The van der Waals surface area contributed by atoms with E-state index in [9.17, 15) is 13.6 Å². The summed E-state index contributed by atoms with van der Waals surface area (Å²) >= 11 is 0. The summed E-state index contributed by atoms with van der Waals surface area (Å²) in [4.78, 5) is 19.6. The number of alkyl halides is 2. The Morgan fingerprint density at radius 2 is 1.82 bits per heavy atom. The van der Waals surface area contributed by atoms with Crippen molar-refractivity contribution in [1.29, 1.82) is 0 Å². The van der Waals surface area contributed by atoms with Crippen molar-refractivity contribution >= 4 is 24.1 Å². The zero-order valence-corrected chi connectivity index (χ0v) is 19.4. The van der Waals surface area contributed by atoms with Crippen molar-refractivity contribution in [2.75, 3.05) is 6.54 Å². The maximum absolute atomic E-state index is 13.5. The molecule has 2 aromatic rings. The molecule has 180 valence electrons. The summed E-state index contributed by atoms with van der Waals surface area (Å²) in [6, 6.07) is 1.68. The molecule has 4 aliphatic rings. The Bertz CT molecular complexity index is 1040. The van der Waals surface area contributed by atoms with E-state index in [1.54, 1.807) is 4.52 Å². The summed E-state index contributed by atoms with van der Waals surface area (Å²) in [5.41, 5.74) is 8.88. The van der Waals surface area contributed by atoms with Crippen molar-refractivity contribution < 1.29 is 13.6 Å². The van der Waals surface area contributed by atoms with Crippen LogP contribution in [0.1, 0.15) is 81.1 Å². The fourth-order valence-corrected chi connectivity index (χ4v) is 5.60. The van der Waals surface area contributed by atoms with Gasteiger partial charge in [-0.25, -0.2) is 23.1 Å². The predicted molar refractivity (Wildman–Crippen MR) is 121 cm³/mol. The molecular formula is C23H31ClF2N6O. The minimum atomic E-state index is -2.57. The van der Waals surface area contributed by atoms with Crippen LogP contribution in [0.15, 0.2) is 18.5 Å². The average Bonchev–Trinajstić information content (AvgIpc) is 3.68. The fraction of sp³-hybridized carbons (Fsp3) is 0.696. The Hall–Kier alpha value is -2.00. The summed E-state index contributed by atoms with van der Waals surface area (Å²) < 4.78 is 28.8. The smallest absolute Gasteiger partial charge is 0.318 e. The summed E-state index contributed by atoms with van der Waals surface area (Å²) in [6.07, 6.45) is 9.66. The van der Waals surface area contributed by atoms with Crippen LogP contribution >= 0.6 is 12.4 Å². The number of carbonyl (C=O) groups excluding carboxylic acids is 1. The molecule has 0 aromatic carbocycles. The van der Waals surface area contributed by atoms with Gasteiger partial charge in [-0.05, 0) is 68.4 Å². The van der Waals surface area contributed by atoms with Crippen LogP contribution in [0.3, 0.4) is 0 Å². The number of nitrogens with one attached hydrogen (secondary N) is 1. The highest BCUT2D eigenvalue weighted by Crippen LogP contribution is 2.48. The van der Waals surface area contributed by atoms with Crippen LogP contribution < -0.4 is 11.1 Å². The molecule has 6 rings (SSSR count). The molecule has 0 bridgehead atoms. The van der Waals surface area contributed by atoms with Crippen LogP contribution in [-0.2, 0) is 0 Å². The zero-order valence-electron chi connectivity index (χ0n) is 18.6. The van der Waals surface area contributed by atoms with Gasteiger partial charge in [0.05, 0.1) is 30.2 Å². The molecule has 10 heteroatoms. The van der Waals surface area contributed by atoms with Crippen molar-refractivity contribution in [1.82, 2.24) is 24.8 Å². The zero-order chi connectivity index (χ0) is 22.1. The van der Waals surface area contributed by atoms with Gasteiger partial charge in [0.2, 0.25) is 5.92 Å². The second-order valence-corrected chi connectivity index (χ2v) is 10.4. The standard InChI is InChI=1S/C23H30F2N6O.ClH/c24-23(25)5-3-14(4-6-23)19(26)17-13-31-18(28-17)11-16(12-27-31)20(15-1-2-15)30-10-9-22(7-8-22)29-21(30)32;/h11-15,19-20H,1-10,26H2,(H,29,32);1H. The number of nitrogens with zero attached hydrogens (tertiary/aromatic N) is 4. The lowest BCUT2D eigenvalue weighted by Crippen LogP contribution is -2.54. The van der Waals surface area contributed by atoms with Crippen molar-refractivity contribution in [2.24, 2.45) is 17.6 Å². The molecule has 1 spiro atoms. The van der Waals surface area contributed by atoms with Crippen LogP contribution in [-0.4, -0.2) is 43.5 Å². The molecule has 2 aromatic heterocycles. The molecule has 1 aliphatic heterocycles. The Balaban J connectivity index is 0.00000228. The Labute approximate surface area is 197 Å². The Kier molecular flexibility index (Phi) is 5.55. The van der Waals surface area contributed by atoms with Crippen LogP contribution in [0.25, 0.3) is 5.65 Å². The van der Waals surface area contributed by atoms with E-state index in [2.05, 4.69) is 10.4 Å². The van der Waals surface area contributed by atoms with Gasteiger partial charge in [0.1, 0.15) is 0 Å². The van der Waals surface area contributed by atoms with Crippen molar-refractivity contribution in [3.63, 3.8) is 0 Å². The van der Waals surface area contributed by atoms with E-state index in [4.69, 9.17) is 10.7 Å². The molecule has 3 saturated carbocycles. The first kappa shape index (κ1) is 22.8. The van der Waals surface area contributed by atoms with Crippen molar-refractivity contribution in [3.8, 4) is 0 Å². The molecule has 2 unspecified atom stereocenters. The van der Waals surface area contributed by atoms with Gasteiger partial charge >= 0.3 is 6.03 Å². The normalized spacial score (nSPS) is 26.0. The highest BCUT2D eigenvalue weighted by molar-refractivity contribution is 5.85. The third-order valence-corrected chi connectivity index (χ3v) is 8.03. The second kappa shape index (κ2) is 8.05. The van der Waals surface area contributed by atoms with E-state index in [-0.39, 0.29) is 54.8 Å². The van der Waals surface area contributed by atoms with Crippen LogP contribution in [0, 0.1) is 11.8 Å². The number of amides is 2. The highest BCUT2D eigenvalue weighted by Gasteiger charge is 2.50. The lowest BCUT2D eigenvalue weighted by atomic mass is 9.81. The predicted octanol–water partition coefficient (Wildman–Crippen LogP) is 4.38. The summed E-state index contributed by atoms with van der Waals surface area (Å²) in [7, 11) is 0. The first-order valence-corrected chi connectivity index (χ1v) is 11.9. The van der Waals surface area contributed by atoms with Gasteiger partial charge in [-0.2, -0.15) is 5.10 Å². The third kappa shape index (κ3) is 4.30. The summed E-state index contributed by atoms with van der Waals surface area (Å²) in [6.45, 7) is 0.773. The van der Waals surface area contributed by atoms with E-state index >= 15 is 0 Å². The van der Waals surface area contributed by atoms with Gasteiger partial charge < -0.3 is 16.0 Å². The maximum atomic E-state index is 13.5. The van der Waals surface area contributed by atoms with Gasteiger partial charge in [0, 0.05) is 24.9 Å². The maximum Gasteiger partial charge on any atom is 0.318 e.